The van der Waals surface area contributed by atoms with Crippen molar-refractivity contribution >= 4 is 40.0 Å². The van der Waals surface area contributed by atoms with Crippen molar-refractivity contribution < 1.29 is 9.59 Å². The van der Waals surface area contributed by atoms with Crippen LogP contribution < -0.4 is 5.32 Å². The van der Waals surface area contributed by atoms with E-state index in [-0.39, 0.29) is 0 Å². The molecule has 0 spiro atoms. The Morgan fingerprint density at radius 3 is 2.43 bits per heavy atom. The molecule has 1 aromatic heterocycles. The molecule has 6 nitrogen and oxygen atoms in total. The molecule has 1 N–H and O–H groups in total. The molecule has 30 heavy (non-hydrogen) atoms. The molecule has 3 aromatic rings. The van der Waals surface area contributed by atoms with Crippen LogP contribution in [0.1, 0.15) is 11.1 Å². The van der Waals surface area contributed by atoms with Gasteiger partial charge in [0.1, 0.15) is 0 Å². The van der Waals surface area contributed by atoms with Crippen molar-refractivity contribution in [2.75, 3.05) is 31.5 Å². The van der Waals surface area contributed by atoms with Crippen LogP contribution in [-0.2, 0) is 23.2 Å². The molecule has 1 aliphatic heterocycles. The Morgan fingerprint density at radius 1 is 1.03 bits per heavy atom. The molecule has 0 radical (unpaired) electrons. The van der Waals surface area contributed by atoms with Gasteiger partial charge in [0, 0.05) is 62.6 Å². The van der Waals surface area contributed by atoms with Gasteiger partial charge in [-0.25, -0.2) is 0 Å². The number of hydrogen-bond donors (Lipinski definition) is 1. The van der Waals surface area contributed by atoms with E-state index in [9.17, 15) is 9.59 Å². The van der Waals surface area contributed by atoms with E-state index in [0.717, 1.165) is 30.5 Å². The van der Waals surface area contributed by atoms with Gasteiger partial charge in [-0.15, -0.1) is 0 Å². The van der Waals surface area contributed by atoms with Gasteiger partial charge in [-0.3, -0.25) is 14.5 Å². The average Bonchev–Trinajstić information content (AvgIpc) is 3.03. The quantitative estimate of drug-likeness (QED) is 0.655. The van der Waals surface area contributed by atoms with Crippen LogP contribution in [0.5, 0.6) is 0 Å². The van der Waals surface area contributed by atoms with Gasteiger partial charge in [0.05, 0.1) is 5.02 Å². The predicted molar refractivity (Wildman–Crippen MR) is 120 cm³/mol. The zero-order valence-corrected chi connectivity index (χ0v) is 17.9. The minimum atomic E-state index is -0.617. The van der Waals surface area contributed by atoms with Crippen molar-refractivity contribution in [1.29, 1.82) is 0 Å². The fourth-order valence-corrected chi connectivity index (χ4v) is 4.11. The Balaban J connectivity index is 1.33. The SMILES string of the molecule is Cc1ccc(CN2CCN(C(=O)C(=O)Nc3ccc4c(c3)c(Cl)cn4C)CC2)cc1. The molecule has 1 fully saturated rings. The van der Waals surface area contributed by atoms with Crippen LogP contribution in [0, 0.1) is 6.92 Å². The van der Waals surface area contributed by atoms with Crippen molar-refractivity contribution in [2.24, 2.45) is 7.05 Å². The molecule has 2 amide bonds. The second kappa shape index (κ2) is 8.50. The van der Waals surface area contributed by atoms with Crippen LogP contribution in [0.2, 0.25) is 5.02 Å². The van der Waals surface area contributed by atoms with E-state index in [0.29, 0.717) is 23.8 Å². The van der Waals surface area contributed by atoms with E-state index in [1.807, 2.05) is 23.9 Å². The van der Waals surface area contributed by atoms with E-state index < -0.39 is 11.8 Å². The largest absolute Gasteiger partial charge is 0.349 e. The zero-order valence-electron chi connectivity index (χ0n) is 17.2. The molecule has 0 bridgehead atoms. The van der Waals surface area contributed by atoms with E-state index in [1.54, 1.807) is 17.0 Å². The van der Waals surface area contributed by atoms with Gasteiger partial charge >= 0.3 is 11.8 Å². The Bertz CT molecular complexity index is 1080. The van der Waals surface area contributed by atoms with Crippen molar-refractivity contribution in [1.82, 2.24) is 14.4 Å². The Morgan fingerprint density at radius 2 is 1.73 bits per heavy atom. The zero-order chi connectivity index (χ0) is 21.3. The van der Waals surface area contributed by atoms with Gasteiger partial charge in [0.2, 0.25) is 0 Å². The molecule has 0 aliphatic carbocycles. The third kappa shape index (κ3) is 4.35. The third-order valence-corrected chi connectivity index (χ3v) is 5.88. The monoisotopic (exact) mass is 424 g/mol. The van der Waals surface area contributed by atoms with Crippen LogP contribution in [0.25, 0.3) is 10.9 Å². The summed E-state index contributed by atoms with van der Waals surface area (Å²) in [6, 6.07) is 13.9. The highest BCUT2D eigenvalue weighted by Gasteiger charge is 2.26. The number of fused-ring (bicyclic) bond motifs is 1. The molecular formula is C23H25ClN4O2. The summed E-state index contributed by atoms with van der Waals surface area (Å²) < 4.78 is 1.92. The summed E-state index contributed by atoms with van der Waals surface area (Å²) in [6.45, 7) is 5.51. The van der Waals surface area contributed by atoms with E-state index in [4.69, 9.17) is 11.6 Å². The second-order valence-electron chi connectivity index (χ2n) is 7.83. The third-order valence-electron chi connectivity index (χ3n) is 5.58. The first-order valence-corrected chi connectivity index (χ1v) is 10.4. The summed E-state index contributed by atoms with van der Waals surface area (Å²) in [4.78, 5) is 29.0. The van der Waals surface area contributed by atoms with E-state index >= 15 is 0 Å². The molecule has 0 unspecified atom stereocenters. The molecule has 1 saturated heterocycles. The maximum atomic E-state index is 12.6. The van der Waals surface area contributed by atoms with Gasteiger partial charge in [-0.2, -0.15) is 0 Å². The molecule has 4 rings (SSSR count). The number of nitrogens with zero attached hydrogens (tertiary/aromatic N) is 3. The highest BCUT2D eigenvalue weighted by atomic mass is 35.5. The lowest BCUT2D eigenvalue weighted by Gasteiger charge is -2.34. The summed E-state index contributed by atoms with van der Waals surface area (Å²) in [5.74, 6) is -1.11. The summed E-state index contributed by atoms with van der Waals surface area (Å²) in [6.07, 6.45) is 1.82. The Labute approximate surface area is 181 Å². The molecule has 2 aromatic carbocycles. The van der Waals surface area contributed by atoms with Crippen LogP contribution >= 0.6 is 11.6 Å². The van der Waals surface area contributed by atoms with Crippen LogP contribution in [0.15, 0.2) is 48.7 Å². The molecule has 1 aliphatic rings. The minimum Gasteiger partial charge on any atom is -0.349 e. The lowest BCUT2D eigenvalue weighted by Crippen LogP contribution is -2.51. The maximum Gasteiger partial charge on any atom is 0.313 e. The predicted octanol–water partition coefficient (Wildman–Crippen LogP) is 3.42. The summed E-state index contributed by atoms with van der Waals surface area (Å²) in [7, 11) is 1.91. The first-order chi connectivity index (χ1) is 14.4. The number of carbonyl (C=O) groups is 2. The number of halogens is 1. The first kappa shape index (κ1) is 20.4. The average molecular weight is 425 g/mol. The molecule has 0 atom stereocenters. The highest BCUT2D eigenvalue weighted by molar-refractivity contribution is 6.40. The number of nitrogens with one attached hydrogen (secondary N) is 1. The van der Waals surface area contributed by atoms with Crippen LogP contribution in [0.3, 0.4) is 0 Å². The highest BCUT2D eigenvalue weighted by Crippen LogP contribution is 2.27. The fraction of sp³-hybridized carbons (Fsp3) is 0.304. The summed E-state index contributed by atoms with van der Waals surface area (Å²) in [5.41, 5.74) is 4.03. The topological polar surface area (TPSA) is 57.6 Å². The molecule has 7 heteroatoms. The summed E-state index contributed by atoms with van der Waals surface area (Å²) in [5, 5.41) is 4.16. The number of amides is 2. The number of carbonyl (C=O) groups excluding carboxylic acids is 2. The maximum absolute atomic E-state index is 12.6. The van der Waals surface area contributed by atoms with Crippen molar-refractivity contribution in [3.05, 3.63) is 64.8 Å². The number of piperazine rings is 1. The number of aromatic nitrogens is 1. The van der Waals surface area contributed by atoms with Crippen LogP contribution in [0.4, 0.5) is 5.69 Å². The van der Waals surface area contributed by atoms with Gasteiger partial charge in [-0.1, -0.05) is 41.4 Å². The number of benzene rings is 2. The van der Waals surface area contributed by atoms with Gasteiger partial charge < -0.3 is 14.8 Å². The van der Waals surface area contributed by atoms with Crippen molar-refractivity contribution in [3.8, 4) is 0 Å². The lowest BCUT2D eigenvalue weighted by molar-refractivity contribution is -0.144. The first-order valence-electron chi connectivity index (χ1n) is 10.0. The molecule has 156 valence electrons. The van der Waals surface area contributed by atoms with Crippen LogP contribution in [-0.4, -0.2) is 52.4 Å². The number of hydrogen-bond acceptors (Lipinski definition) is 3. The molecule has 2 heterocycles. The fourth-order valence-electron chi connectivity index (χ4n) is 3.81. The normalized spacial score (nSPS) is 14.8. The van der Waals surface area contributed by atoms with E-state index in [2.05, 4.69) is 41.4 Å². The van der Waals surface area contributed by atoms with E-state index in [1.165, 1.54) is 11.1 Å². The molecule has 0 saturated carbocycles. The minimum absolute atomic E-state index is 0.496. The summed E-state index contributed by atoms with van der Waals surface area (Å²) >= 11 is 6.24. The van der Waals surface area contributed by atoms with Gasteiger partial charge in [0.15, 0.2) is 0 Å². The van der Waals surface area contributed by atoms with Crippen molar-refractivity contribution in [2.45, 2.75) is 13.5 Å². The van der Waals surface area contributed by atoms with Gasteiger partial charge in [-0.05, 0) is 30.7 Å². The Kier molecular flexibility index (Phi) is 5.79. The molecular weight excluding hydrogens is 400 g/mol. The standard InChI is InChI=1S/C23H25ClN4O2/c1-16-3-5-17(6-4-16)14-27-9-11-28(12-10-27)23(30)22(29)25-18-7-8-21-19(13-18)20(24)15-26(21)2/h3-8,13,15H,9-12,14H2,1-2H3,(H,25,29). The smallest absolute Gasteiger partial charge is 0.313 e. The lowest BCUT2D eigenvalue weighted by atomic mass is 10.1. The Hall–Kier alpha value is -2.83. The number of rotatable bonds is 3. The second-order valence-corrected chi connectivity index (χ2v) is 8.24. The van der Waals surface area contributed by atoms with Crippen molar-refractivity contribution in [3.63, 3.8) is 0 Å². The number of aryl methyl sites for hydroxylation is 2. The van der Waals surface area contributed by atoms with Gasteiger partial charge in [0.25, 0.3) is 0 Å². The number of anilines is 1.